The maximum absolute atomic E-state index is 13.6. The zero-order chi connectivity index (χ0) is 25.4. The molecular weight excluding hydrogens is 629 g/mol. The van der Waals surface area contributed by atoms with Crippen LogP contribution in [0.25, 0.3) is 0 Å². The Morgan fingerprint density at radius 2 is 2.14 bits per heavy atom. The van der Waals surface area contributed by atoms with Gasteiger partial charge < -0.3 is 14.8 Å². The molecule has 0 spiro atoms. The van der Waals surface area contributed by atoms with Crippen molar-refractivity contribution in [1.82, 2.24) is 19.7 Å². The molecule has 1 saturated carbocycles. The number of ether oxygens (including phenoxy) is 2. The Labute approximate surface area is 226 Å². The number of likely N-dealkylation sites (tertiary alicyclic amines) is 1. The molecule has 9 nitrogen and oxygen atoms in total. The lowest BCUT2D eigenvalue weighted by Gasteiger charge is -2.29. The van der Waals surface area contributed by atoms with E-state index >= 15 is 0 Å². The smallest absolute Gasteiger partial charge is 0.411 e. The maximum atomic E-state index is 13.6. The van der Waals surface area contributed by atoms with Crippen LogP contribution >= 0.6 is 38.5 Å². The second kappa shape index (κ2) is 10.2. The Kier molecular flexibility index (Phi) is 7.58. The standard InChI is InChI=1S/C24H29BrIN5O4/c1-5-8-34-13-15-6-7-19(25)28-20(15)29-21(32)17-9-24(14-30-12-16(26)11-27-30)10-18(24)31(17)22(33)35-23(2,3)4/h5-7,11-12,17-18H,1,8-10,13-14H2,2-4H3,(H,28,29,32)/t17-,18?,24-/m0/s1. The molecule has 2 aromatic rings. The van der Waals surface area contributed by atoms with Gasteiger partial charge in [-0.15, -0.1) is 6.58 Å². The van der Waals surface area contributed by atoms with Crippen molar-refractivity contribution in [2.45, 2.75) is 64.4 Å². The van der Waals surface area contributed by atoms with Gasteiger partial charge in [0.1, 0.15) is 22.1 Å². The van der Waals surface area contributed by atoms with Gasteiger partial charge in [-0.2, -0.15) is 5.10 Å². The van der Waals surface area contributed by atoms with Crippen LogP contribution in [0.3, 0.4) is 0 Å². The molecule has 0 bridgehead atoms. The first-order valence-corrected chi connectivity index (χ1v) is 13.2. The van der Waals surface area contributed by atoms with Crippen molar-refractivity contribution in [1.29, 1.82) is 0 Å². The first kappa shape index (κ1) is 26.1. The molecule has 4 rings (SSSR count). The van der Waals surface area contributed by atoms with Crippen molar-refractivity contribution >= 4 is 56.3 Å². The van der Waals surface area contributed by atoms with Gasteiger partial charge in [0.15, 0.2) is 0 Å². The summed E-state index contributed by atoms with van der Waals surface area (Å²) in [5, 5.41) is 7.35. The van der Waals surface area contributed by atoms with Crippen molar-refractivity contribution in [3.8, 4) is 0 Å². The first-order chi connectivity index (χ1) is 16.5. The zero-order valence-electron chi connectivity index (χ0n) is 20.0. The fourth-order valence-corrected chi connectivity index (χ4v) is 5.31. The number of aromatic nitrogens is 3. The molecule has 1 aliphatic carbocycles. The number of rotatable bonds is 8. The second-order valence-electron chi connectivity index (χ2n) is 9.98. The topological polar surface area (TPSA) is 98.6 Å². The molecule has 2 aliphatic rings. The average Bonchev–Trinajstić information content (AvgIpc) is 3.11. The maximum Gasteiger partial charge on any atom is 0.411 e. The number of halogens is 2. The monoisotopic (exact) mass is 657 g/mol. The van der Waals surface area contributed by atoms with Gasteiger partial charge in [-0.05, 0) is 78.2 Å². The Bertz CT molecular complexity index is 1130. The number of carbonyl (C=O) groups excluding carboxylic acids is 2. The Morgan fingerprint density at radius 1 is 1.37 bits per heavy atom. The van der Waals surface area contributed by atoms with Crippen molar-refractivity contribution in [3.63, 3.8) is 0 Å². The number of carbonyl (C=O) groups is 2. The van der Waals surface area contributed by atoms with Crippen LogP contribution in [0.4, 0.5) is 10.6 Å². The number of amides is 2. The molecule has 1 aliphatic heterocycles. The lowest BCUT2D eigenvalue weighted by atomic mass is 9.99. The van der Waals surface area contributed by atoms with E-state index in [2.05, 4.69) is 60.5 Å². The van der Waals surface area contributed by atoms with Crippen LogP contribution in [0.1, 0.15) is 39.2 Å². The minimum Gasteiger partial charge on any atom is -0.444 e. The van der Waals surface area contributed by atoms with Crippen molar-refractivity contribution in [2.24, 2.45) is 5.41 Å². The predicted octanol–water partition coefficient (Wildman–Crippen LogP) is 4.75. The van der Waals surface area contributed by atoms with E-state index in [0.29, 0.717) is 30.0 Å². The molecule has 1 saturated heterocycles. The second-order valence-corrected chi connectivity index (χ2v) is 12.0. The lowest BCUT2D eigenvalue weighted by molar-refractivity contribution is -0.121. The molecule has 2 fully saturated rings. The molecule has 0 radical (unpaired) electrons. The minimum absolute atomic E-state index is 0.0826. The SMILES string of the molecule is C=CCOCc1ccc(Br)nc1NC(=O)[C@@H]1C[C@@]2(Cn3cc(I)cn3)CC2N1C(=O)OC(C)(C)C. The third-order valence-corrected chi connectivity index (χ3v) is 7.08. The molecule has 3 atom stereocenters. The average molecular weight is 658 g/mol. The van der Waals surface area contributed by atoms with Gasteiger partial charge in [-0.1, -0.05) is 12.1 Å². The van der Waals surface area contributed by atoms with Gasteiger partial charge in [-0.25, -0.2) is 9.78 Å². The summed E-state index contributed by atoms with van der Waals surface area (Å²) in [6.07, 6.45) is 6.28. The van der Waals surface area contributed by atoms with E-state index in [1.54, 1.807) is 23.2 Å². The van der Waals surface area contributed by atoms with Crippen molar-refractivity contribution < 1.29 is 19.1 Å². The van der Waals surface area contributed by atoms with Gasteiger partial charge in [0.2, 0.25) is 5.91 Å². The summed E-state index contributed by atoms with van der Waals surface area (Å²) in [4.78, 5) is 32.8. The van der Waals surface area contributed by atoms with Crippen LogP contribution in [0.5, 0.6) is 0 Å². The summed E-state index contributed by atoms with van der Waals surface area (Å²) in [6.45, 7) is 10.4. The summed E-state index contributed by atoms with van der Waals surface area (Å²) in [5.41, 5.74) is -0.150. The zero-order valence-corrected chi connectivity index (χ0v) is 23.7. The van der Waals surface area contributed by atoms with Gasteiger partial charge >= 0.3 is 6.09 Å². The Balaban J connectivity index is 1.56. The van der Waals surface area contributed by atoms with Crippen molar-refractivity contribution in [2.75, 3.05) is 11.9 Å². The number of piperidine rings is 1. The number of nitrogens with zero attached hydrogens (tertiary/aromatic N) is 4. The van der Waals surface area contributed by atoms with Gasteiger partial charge in [0, 0.05) is 29.8 Å². The largest absolute Gasteiger partial charge is 0.444 e. The highest BCUT2D eigenvalue weighted by atomic mass is 127. The number of hydrogen-bond acceptors (Lipinski definition) is 6. The molecule has 1 unspecified atom stereocenters. The predicted molar refractivity (Wildman–Crippen MR) is 143 cm³/mol. The number of nitrogens with one attached hydrogen (secondary N) is 1. The summed E-state index contributed by atoms with van der Waals surface area (Å²) < 4.78 is 14.8. The highest BCUT2D eigenvalue weighted by molar-refractivity contribution is 14.1. The van der Waals surface area contributed by atoms with E-state index in [9.17, 15) is 9.59 Å². The molecule has 1 N–H and O–H groups in total. The van der Waals surface area contributed by atoms with Crippen molar-refractivity contribution in [3.05, 3.63) is 50.9 Å². The normalized spacial score (nSPS) is 23.1. The van der Waals surface area contributed by atoms with Crippen LogP contribution in [-0.4, -0.2) is 56.0 Å². The van der Waals surface area contributed by atoms with Crippen LogP contribution < -0.4 is 5.32 Å². The van der Waals surface area contributed by atoms with E-state index < -0.39 is 17.7 Å². The van der Waals surface area contributed by atoms with E-state index in [1.165, 1.54) is 0 Å². The van der Waals surface area contributed by atoms with Crippen LogP contribution in [0, 0.1) is 8.99 Å². The number of hydrogen-bond donors (Lipinski definition) is 1. The summed E-state index contributed by atoms with van der Waals surface area (Å²) >= 11 is 5.59. The molecule has 2 amide bonds. The Hall–Kier alpha value is -1.99. The van der Waals surface area contributed by atoms with E-state index in [4.69, 9.17) is 9.47 Å². The van der Waals surface area contributed by atoms with Gasteiger partial charge in [0.25, 0.3) is 0 Å². The molecule has 188 valence electrons. The van der Waals surface area contributed by atoms with Crippen LogP contribution in [0.2, 0.25) is 0 Å². The molecule has 35 heavy (non-hydrogen) atoms. The summed E-state index contributed by atoms with van der Waals surface area (Å²) in [7, 11) is 0. The highest BCUT2D eigenvalue weighted by Crippen LogP contribution is 2.60. The third-order valence-electron chi connectivity index (χ3n) is 6.08. The minimum atomic E-state index is -0.680. The summed E-state index contributed by atoms with van der Waals surface area (Å²) in [5.74, 6) is 0.0990. The third kappa shape index (κ3) is 6.05. The van der Waals surface area contributed by atoms with E-state index in [-0.39, 0.29) is 24.0 Å². The summed E-state index contributed by atoms with van der Waals surface area (Å²) in [6, 6.07) is 2.87. The fourth-order valence-electron chi connectivity index (χ4n) is 4.55. The van der Waals surface area contributed by atoms with Crippen LogP contribution in [-0.2, 0) is 27.4 Å². The van der Waals surface area contributed by atoms with Gasteiger partial charge in [-0.3, -0.25) is 14.4 Å². The fraction of sp³-hybridized carbons (Fsp3) is 0.500. The number of anilines is 1. The van der Waals surface area contributed by atoms with Gasteiger partial charge in [0.05, 0.1) is 23.0 Å². The van der Waals surface area contributed by atoms with E-state index in [1.807, 2.05) is 37.7 Å². The number of pyridine rings is 1. The first-order valence-electron chi connectivity index (χ1n) is 11.4. The molecule has 3 heterocycles. The quantitative estimate of drug-likeness (QED) is 0.190. The van der Waals surface area contributed by atoms with Crippen LogP contribution in [0.15, 0.2) is 41.8 Å². The highest BCUT2D eigenvalue weighted by Gasteiger charge is 2.68. The Morgan fingerprint density at radius 3 is 2.80 bits per heavy atom. The van der Waals surface area contributed by atoms with E-state index in [0.717, 1.165) is 15.6 Å². The molecule has 2 aromatic heterocycles. The molecule has 11 heteroatoms. The molecule has 0 aromatic carbocycles. The molecular formula is C24H29BrIN5O4. The lowest BCUT2D eigenvalue weighted by Crippen LogP contribution is -2.47. The number of fused-ring (bicyclic) bond motifs is 1.